The lowest BCUT2D eigenvalue weighted by Crippen LogP contribution is -2.50. The van der Waals surface area contributed by atoms with Crippen molar-refractivity contribution in [1.82, 2.24) is 24.9 Å². The third-order valence-electron chi connectivity index (χ3n) is 5.76. The maximum Gasteiger partial charge on any atom is 0.256 e. The van der Waals surface area contributed by atoms with Crippen LogP contribution in [0.1, 0.15) is 42.1 Å². The number of aromatic nitrogens is 4. The van der Waals surface area contributed by atoms with Gasteiger partial charge in [-0.2, -0.15) is 15.0 Å². The average Bonchev–Trinajstić information content (AvgIpc) is 3.32. The first kappa shape index (κ1) is 21.0. The minimum atomic E-state index is -0.395. The van der Waals surface area contributed by atoms with Crippen LogP contribution < -0.4 is 4.74 Å². The van der Waals surface area contributed by atoms with Crippen molar-refractivity contribution in [1.29, 1.82) is 0 Å². The van der Waals surface area contributed by atoms with Crippen LogP contribution >= 0.6 is 0 Å². The summed E-state index contributed by atoms with van der Waals surface area (Å²) in [5, 5.41) is 8.42. The maximum absolute atomic E-state index is 13.7. The van der Waals surface area contributed by atoms with Crippen LogP contribution in [0.5, 0.6) is 5.88 Å². The molecule has 162 valence electrons. The summed E-state index contributed by atoms with van der Waals surface area (Å²) in [5.41, 5.74) is 2.27. The van der Waals surface area contributed by atoms with Gasteiger partial charge in [-0.15, -0.1) is 0 Å². The first-order chi connectivity index (χ1) is 15.1. The number of halogens is 1. The number of carbonyl (C=O) groups is 1. The summed E-state index contributed by atoms with van der Waals surface area (Å²) in [6.45, 7) is 5.19. The number of hydrogen-bond acceptors (Lipinski definition) is 5. The van der Waals surface area contributed by atoms with Crippen molar-refractivity contribution in [3.8, 4) is 11.6 Å². The van der Waals surface area contributed by atoms with E-state index in [4.69, 9.17) is 4.74 Å². The normalized spacial score (nSPS) is 18.7. The van der Waals surface area contributed by atoms with Gasteiger partial charge in [0.15, 0.2) is 0 Å². The smallest absolute Gasteiger partial charge is 0.256 e. The molecule has 7 nitrogen and oxygen atoms in total. The lowest BCUT2D eigenvalue weighted by Gasteiger charge is -2.41. The number of piperidine rings is 1. The molecule has 8 heteroatoms. The first-order valence-corrected chi connectivity index (χ1v) is 10.6. The number of carbonyl (C=O) groups excluding carboxylic acids is 1. The number of ether oxygens (including phenoxy) is 1. The zero-order chi connectivity index (χ0) is 21.8. The van der Waals surface area contributed by atoms with E-state index in [9.17, 15) is 9.18 Å². The molecule has 0 N–H and O–H groups in total. The van der Waals surface area contributed by atoms with Gasteiger partial charge in [-0.1, -0.05) is 18.6 Å². The molecular weight excluding hydrogens is 397 g/mol. The second-order valence-corrected chi connectivity index (χ2v) is 7.84. The lowest BCUT2D eigenvalue weighted by molar-refractivity contribution is 0.0392. The monoisotopic (exact) mass is 423 g/mol. The fourth-order valence-electron chi connectivity index (χ4n) is 4.27. The van der Waals surface area contributed by atoms with Gasteiger partial charge in [0, 0.05) is 24.6 Å². The molecule has 0 bridgehead atoms. The van der Waals surface area contributed by atoms with Crippen molar-refractivity contribution < 1.29 is 13.9 Å². The molecule has 1 fully saturated rings. The summed E-state index contributed by atoms with van der Waals surface area (Å²) < 4.78 is 18.9. The predicted molar refractivity (Wildman–Crippen MR) is 114 cm³/mol. The van der Waals surface area contributed by atoms with Crippen molar-refractivity contribution in [2.24, 2.45) is 5.92 Å². The summed E-state index contributed by atoms with van der Waals surface area (Å²) in [6.07, 6.45) is 7.02. The fourth-order valence-corrected chi connectivity index (χ4v) is 4.27. The maximum atomic E-state index is 13.7. The van der Waals surface area contributed by atoms with E-state index in [1.807, 2.05) is 30.0 Å². The van der Waals surface area contributed by atoms with Crippen LogP contribution in [0.3, 0.4) is 0 Å². The van der Waals surface area contributed by atoms with Crippen LogP contribution in [0.2, 0.25) is 0 Å². The number of aryl methyl sites for hydroxylation is 1. The number of hydrogen-bond donors (Lipinski definition) is 0. The minimum absolute atomic E-state index is 0.0209. The third kappa shape index (κ3) is 4.57. The summed E-state index contributed by atoms with van der Waals surface area (Å²) in [4.78, 5) is 21.1. The zero-order valence-electron chi connectivity index (χ0n) is 17.7. The average molecular weight is 423 g/mol. The molecule has 1 aromatic carbocycles. The molecule has 2 atom stereocenters. The second-order valence-electron chi connectivity index (χ2n) is 7.84. The molecule has 1 aliphatic heterocycles. The molecule has 0 aliphatic carbocycles. The Morgan fingerprint density at radius 2 is 2.03 bits per heavy atom. The highest BCUT2D eigenvalue weighted by Gasteiger charge is 2.35. The van der Waals surface area contributed by atoms with E-state index in [2.05, 4.69) is 22.1 Å². The molecule has 0 saturated carbocycles. The molecule has 1 aliphatic rings. The Kier molecular flexibility index (Phi) is 6.25. The van der Waals surface area contributed by atoms with E-state index in [1.54, 1.807) is 12.4 Å². The molecule has 3 heterocycles. The summed E-state index contributed by atoms with van der Waals surface area (Å²) in [5.74, 6) is 0.150. The summed E-state index contributed by atoms with van der Waals surface area (Å²) in [6, 6.07) is 8.64. The number of amides is 1. The van der Waals surface area contributed by atoms with Gasteiger partial charge in [-0.25, -0.2) is 9.37 Å². The van der Waals surface area contributed by atoms with Crippen molar-refractivity contribution in [2.75, 3.05) is 13.2 Å². The van der Waals surface area contributed by atoms with E-state index in [-0.39, 0.29) is 17.9 Å². The van der Waals surface area contributed by atoms with Gasteiger partial charge < -0.3 is 9.64 Å². The topological polar surface area (TPSA) is 73.1 Å². The Morgan fingerprint density at radius 3 is 2.74 bits per heavy atom. The number of nitrogens with zero attached hydrogens (tertiary/aromatic N) is 5. The molecule has 31 heavy (non-hydrogen) atoms. The quantitative estimate of drug-likeness (QED) is 0.603. The molecule has 3 aromatic rings. The van der Waals surface area contributed by atoms with Gasteiger partial charge in [-0.3, -0.25) is 4.79 Å². The van der Waals surface area contributed by atoms with Crippen LogP contribution in [0.15, 0.2) is 48.9 Å². The van der Waals surface area contributed by atoms with Gasteiger partial charge in [-0.05, 0) is 44.4 Å². The van der Waals surface area contributed by atoms with Gasteiger partial charge in [0.2, 0.25) is 5.88 Å². The Hall–Kier alpha value is -3.29. The van der Waals surface area contributed by atoms with Crippen LogP contribution in [0.25, 0.3) is 5.69 Å². The Morgan fingerprint density at radius 1 is 1.23 bits per heavy atom. The molecule has 0 spiro atoms. The first-order valence-electron chi connectivity index (χ1n) is 10.6. The van der Waals surface area contributed by atoms with Gasteiger partial charge in [0.1, 0.15) is 5.82 Å². The second kappa shape index (κ2) is 9.24. The third-order valence-corrected chi connectivity index (χ3v) is 5.76. The molecule has 1 amide bonds. The Bertz CT molecular complexity index is 1020. The van der Waals surface area contributed by atoms with Gasteiger partial charge in [0.25, 0.3) is 5.91 Å². The van der Waals surface area contributed by atoms with E-state index >= 15 is 0 Å². The van der Waals surface area contributed by atoms with Crippen LogP contribution in [0, 0.1) is 18.7 Å². The Labute approximate surface area is 180 Å². The molecule has 4 rings (SSSR count). The van der Waals surface area contributed by atoms with Crippen LogP contribution in [0.4, 0.5) is 4.39 Å². The Balaban J connectivity index is 1.55. The van der Waals surface area contributed by atoms with E-state index in [1.165, 1.54) is 16.9 Å². The molecule has 0 radical (unpaired) electrons. The van der Waals surface area contributed by atoms with Crippen LogP contribution in [-0.4, -0.2) is 50.0 Å². The minimum Gasteiger partial charge on any atom is -0.477 e. The van der Waals surface area contributed by atoms with E-state index < -0.39 is 5.82 Å². The van der Waals surface area contributed by atoms with Crippen molar-refractivity contribution in [3.05, 3.63) is 65.9 Å². The predicted octanol–water partition coefficient (Wildman–Crippen LogP) is 3.82. The standard InChI is InChI=1S/C23H26FN5O2/c1-3-20-17(15-31-22-9-7-18(24)14-25-22)5-4-12-28(20)23(30)19-13-16(2)6-8-21(19)29-26-10-11-27-29/h6-11,13-14,17,20H,3-5,12,15H2,1-2H3/t17-,20?/m0/s1. The van der Waals surface area contributed by atoms with E-state index in [0.717, 1.165) is 31.0 Å². The number of rotatable bonds is 6. The number of benzene rings is 1. The highest BCUT2D eigenvalue weighted by Crippen LogP contribution is 2.29. The van der Waals surface area contributed by atoms with Crippen molar-refractivity contribution in [2.45, 2.75) is 39.2 Å². The van der Waals surface area contributed by atoms with Crippen LogP contribution in [-0.2, 0) is 0 Å². The summed E-state index contributed by atoms with van der Waals surface area (Å²) >= 11 is 0. The van der Waals surface area contributed by atoms with Crippen molar-refractivity contribution >= 4 is 5.91 Å². The van der Waals surface area contributed by atoms with Gasteiger partial charge in [0.05, 0.1) is 36.4 Å². The largest absolute Gasteiger partial charge is 0.477 e. The van der Waals surface area contributed by atoms with Gasteiger partial charge >= 0.3 is 0 Å². The summed E-state index contributed by atoms with van der Waals surface area (Å²) in [7, 11) is 0. The zero-order valence-corrected chi connectivity index (χ0v) is 17.7. The lowest BCUT2D eigenvalue weighted by atomic mass is 9.87. The highest BCUT2D eigenvalue weighted by molar-refractivity contribution is 5.98. The number of likely N-dealkylation sites (tertiary alicyclic amines) is 1. The van der Waals surface area contributed by atoms with Crippen molar-refractivity contribution in [3.63, 3.8) is 0 Å². The number of pyridine rings is 1. The SMILES string of the molecule is CCC1[C@H](COc2ccc(F)cn2)CCCN1C(=O)c1cc(C)ccc1-n1nccn1. The molecule has 1 saturated heterocycles. The van der Waals surface area contributed by atoms with E-state index in [0.29, 0.717) is 30.3 Å². The molecule has 1 unspecified atom stereocenters. The highest BCUT2D eigenvalue weighted by atomic mass is 19.1. The molecule has 2 aromatic heterocycles. The molecular formula is C23H26FN5O2. The fraction of sp³-hybridized carbons (Fsp3) is 0.391.